The van der Waals surface area contributed by atoms with Gasteiger partial charge in [-0.15, -0.1) is 0 Å². The Kier molecular flexibility index (Phi) is 15.9. The van der Waals surface area contributed by atoms with E-state index < -0.39 is 29.8 Å². The summed E-state index contributed by atoms with van der Waals surface area (Å²) in [5.74, 6) is -3.45. The third-order valence-electron chi connectivity index (χ3n) is 9.21. The molecule has 9 nitrogen and oxygen atoms in total. The lowest BCUT2D eigenvalue weighted by molar-refractivity contribution is -0.147. The number of rotatable bonds is 16. The minimum atomic E-state index is -1.12. The molecule has 55 heavy (non-hydrogen) atoms. The molecule has 0 radical (unpaired) electrons. The number of hydrogen-bond donors (Lipinski definition) is 4. The van der Waals surface area contributed by atoms with Crippen molar-refractivity contribution in [1.29, 1.82) is 0 Å². The Labute approximate surface area is 323 Å². The Hall–Kier alpha value is -6.06. The molecule has 0 aliphatic carbocycles. The molecule has 5 N–H and O–H groups in total. The number of aliphatic carboxylic acids is 1. The molecule has 5 rings (SSSR count). The molecule has 0 saturated heterocycles. The highest BCUT2D eigenvalue weighted by molar-refractivity contribution is 5.97. The number of esters is 1. The molecule has 9 heteroatoms. The van der Waals surface area contributed by atoms with Crippen LogP contribution in [0, 0.1) is 11.8 Å². The number of nitrogens with one attached hydrogen (secondary N) is 1. The van der Waals surface area contributed by atoms with Crippen LogP contribution in [0.15, 0.2) is 133 Å². The lowest BCUT2D eigenvalue weighted by atomic mass is 9.94. The minimum Gasteiger partial charge on any atom is -0.481 e. The lowest BCUT2D eigenvalue weighted by Gasteiger charge is -2.21. The highest BCUT2D eigenvalue weighted by atomic mass is 16.5. The van der Waals surface area contributed by atoms with Crippen LogP contribution in [-0.2, 0) is 27.2 Å². The number of carboxylic acid groups (broad SMARTS) is 2. The van der Waals surface area contributed by atoms with Gasteiger partial charge < -0.3 is 26.0 Å². The van der Waals surface area contributed by atoms with Crippen molar-refractivity contribution in [2.45, 2.75) is 58.5 Å². The van der Waals surface area contributed by atoms with Gasteiger partial charge in [-0.3, -0.25) is 14.4 Å². The predicted molar refractivity (Wildman–Crippen MR) is 216 cm³/mol. The highest BCUT2D eigenvalue weighted by Gasteiger charge is 2.22. The van der Waals surface area contributed by atoms with Gasteiger partial charge in [0.1, 0.15) is 0 Å². The zero-order valence-electron chi connectivity index (χ0n) is 31.6. The van der Waals surface area contributed by atoms with Crippen LogP contribution in [-0.4, -0.2) is 52.7 Å². The van der Waals surface area contributed by atoms with Crippen molar-refractivity contribution < 1.29 is 34.1 Å². The zero-order chi connectivity index (χ0) is 39.7. The topological polar surface area (TPSA) is 156 Å². The largest absolute Gasteiger partial charge is 0.481 e. The molecule has 0 unspecified atom stereocenters. The molecule has 0 heterocycles. The van der Waals surface area contributed by atoms with Crippen LogP contribution in [0.3, 0.4) is 0 Å². The average molecular weight is 743 g/mol. The summed E-state index contributed by atoms with van der Waals surface area (Å²) in [6.45, 7) is 5.71. The average Bonchev–Trinajstić information content (AvgIpc) is 3.19. The number of carbonyl (C=O) groups is 4. The molecule has 5 aromatic rings. The summed E-state index contributed by atoms with van der Waals surface area (Å²) in [6.07, 6.45) is 2.11. The fourth-order valence-electron chi connectivity index (χ4n) is 6.22. The van der Waals surface area contributed by atoms with Crippen molar-refractivity contribution in [2.75, 3.05) is 6.61 Å². The maximum Gasteiger partial charge on any atom is 0.335 e. The van der Waals surface area contributed by atoms with E-state index >= 15 is 0 Å². The van der Waals surface area contributed by atoms with Gasteiger partial charge in [-0.2, -0.15) is 0 Å². The molecular weight excluding hydrogens is 693 g/mol. The first-order valence-corrected chi connectivity index (χ1v) is 18.5. The number of carboxylic acids is 2. The Balaban J connectivity index is 0.000000258. The number of hydrogen-bond acceptors (Lipinski definition) is 6. The number of aromatic carboxylic acids is 1. The summed E-state index contributed by atoms with van der Waals surface area (Å²) in [5, 5.41) is 21.4. The minimum absolute atomic E-state index is 0.0182. The van der Waals surface area contributed by atoms with Crippen LogP contribution >= 0.6 is 0 Å². The van der Waals surface area contributed by atoms with Crippen LogP contribution in [0.4, 0.5) is 0 Å². The van der Waals surface area contributed by atoms with Crippen molar-refractivity contribution in [3.8, 4) is 22.3 Å². The fraction of sp³-hybridized carbons (Fsp3) is 0.261. The van der Waals surface area contributed by atoms with Crippen LogP contribution < -0.4 is 11.1 Å². The van der Waals surface area contributed by atoms with Gasteiger partial charge in [0.05, 0.1) is 24.0 Å². The monoisotopic (exact) mass is 742 g/mol. The van der Waals surface area contributed by atoms with Gasteiger partial charge in [0, 0.05) is 17.6 Å². The van der Waals surface area contributed by atoms with Gasteiger partial charge >= 0.3 is 17.9 Å². The van der Waals surface area contributed by atoms with Crippen LogP contribution in [0.25, 0.3) is 22.3 Å². The third kappa shape index (κ3) is 13.4. The Morgan fingerprint density at radius 1 is 0.618 bits per heavy atom. The van der Waals surface area contributed by atoms with E-state index in [1.165, 1.54) is 41.0 Å². The second-order valence-corrected chi connectivity index (χ2v) is 13.7. The molecule has 286 valence electrons. The summed E-state index contributed by atoms with van der Waals surface area (Å²) >= 11 is 0. The van der Waals surface area contributed by atoms with Gasteiger partial charge in [0.2, 0.25) is 0 Å². The van der Waals surface area contributed by atoms with Gasteiger partial charge in [-0.25, -0.2) is 4.79 Å². The van der Waals surface area contributed by atoms with E-state index in [-0.39, 0.29) is 35.5 Å². The Bertz CT molecular complexity index is 1980. The van der Waals surface area contributed by atoms with E-state index in [0.717, 1.165) is 23.1 Å². The van der Waals surface area contributed by atoms with E-state index in [1.54, 1.807) is 6.92 Å². The van der Waals surface area contributed by atoms with Crippen molar-refractivity contribution in [3.05, 3.63) is 156 Å². The van der Waals surface area contributed by atoms with E-state index in [9.17, 15) is 24.3 Å². The summed E-state index contributed by atoms with van der Waals surface area (Å²) < 4.78 is 5.02. The Morgan fingerprint density at radius 2 is 1.11 bits per heavy atom. The first kappa shape index (κ1) is 41.7. The quantitative estimate of drug-likeness (QED) is 0.0736. The van der Waals surface area contributed by atoms with Crippen molar-refractivity contribution in [1.82, 2.24) is 5.32 Å². The standard InChI is InChI=1S/C26H25NO5.C20H25NO2/c1-17(25(29)30)14-23(27-24(28)21-8-5-9-22(16-21)26(31)32)15-18-10-12-20(13-11-18)19-6-3-2-4-7-19;1-3-23-20(22)15(2)13-19(21)14-16-9-11-18(12-10-16)17-7-5-4-6-8-17/h2-13,16-17,23H,14-15H2,1H3,(H,27,28)(H,29,30)(H,31,32);4-12,15,19H,3,13-14,21H2,1-2H3/t17-,23+;15-,19+/m11/s1. The number of benzene rings is 5. The first-order chi connectivity index (χ1) is 26.4. The third-order valence-corrected chi connectivity index (χ3v) is 9.21. The van der Waals surface area contributed by atoms with Crippen LogP contribution in [0.2, 0.25) is 0 Å². The number of amides is 1. The fourth-order valence-corrected chi connectivity index (χ4v) is 6.22. The molecular formula is C46H50N2O7. The zero-order valence-corrected chi connectivity index (χ0v) is 31.6. The molecule has 0 aliphatic rings. The van der Waals surface area contributed by atoms with E-state index in [4.69, 9.17) is 15.6 Å². The molecule has 0 aromatic heterocycles. The van der Waals surface area contributed by atoms with Crippen molar-refractivity contribution in [2.24, 2.45) is 17.6 Å². The lowest BCUT2D eigenvalue weighted by Crippen LogP contribution is -2.38. The predicted octanol–water partition coefficient (Wildman–Crippen LogP) is 8.32. The number of carbonyl (C=O) groups excluding carboxylic acids is 2. The Morgan fingerprint density at radius 3 is 1.60 bits per heavy atom. The SMILES string of the molecule is CCOC(=O)[C@H](C)C[C@H](N)Cc1ccc(-c2ccccc2)cc1.C[C@H](C[C@@H](Cc1ccc(-c2ccccc2)cc1)NC(=O)c1cccc(C(=O)O)c1)C(=O)O. The molecule has 0 fully saturated rings. The maximum absolute atomic E-state index is 12.8. The molecule has 5 aromatic carbocycles. The normalized spacial score (nSPS) is 12.9. The van der Waals surface area contributed by atoms with Crippen molar-refractivity contribution in [3.63, 3.8) is 0 Å². The van der Waals surface area contributed by atoms with E-state index in [2.05, 4.69) is 41.7 Å². The molecule has 0 bridgehead atoms. The van der Waals surface area contributed by atoms with E-state index in [0.29, 0.717) is 19.4 Å². The summed E-state index contributed by atoms with van der Waals surface area (Å²) in [6, 6.07) is 41.9. The summed E-state index contributed by atoms with van der Waals surface area (Å²) in [4.78, 5) is 47.0. The molecule has 0 aliphatic heterocycles. The van der Waals surface area contributed by atoms with Crippen LogP contribution in [0.5, 0.6) is 0 Å². The highest BCUT2D eigenvalue weighted by Crippen LogP contribution is 2.22. The number of ether oxygens (including phenoxy) is 1. The molecule has 0 saturated carbocycles. The summed E-state index contributed by atoms with van der Waals surface area (Å²) in [5.41, 5.74) is 13.1. The van der Waals surface area contributed by atoms with Gasteiger partial charge in [0.25, 0.3) is 5.91 Å². The maximum atomic E-state index is 12.8. The molecule has 0 spiro atoms. The molecule has 4 atom stereocenters. The van der Waals surface area contributed by atoms with E-state index in [1.807, 2.05) is 86.6 Å². The van der Waals surface area contributed by atoms with Gasteiger partial charge in [-0.1, -0.05) is 129 Å². The second kappa shape index (κ2) is 21.0. The van der Waals surface area contributed by atoms with Crippen molar-refractivity contribution >= 4 is 23.8 Å². The van der Waals surface area contributed by atoms with Gasteiger partial charge in [0.15, 0.2) is 0 Å². The number of nitrogens with two attached hydrogens (primary N) is 1. The summed E-state index contributed by atoms with van der Waals surface area (Å²) in [7, 11) is 0. The smallest absolute Gasteiger partial charge is 0.335 e. The second-order valence-electron chi connectivity index (χ2n) is 13.7. The first-order valence-electron chi connectivity index (χ1n) is 18.5. The van der Waals surface area contributed by atoms with Crippen LogP contribution in [0.1, 0.15) is 65.5 Å². The molecule has 1 amide bonds. The van der Waals surface area contributed by atoms with Gasteiger partial charge in [-0.05, 0) is 84.2 Å².